The van der Waals surface area contributed by atoms with E-state index in [1.807, 2.05) is 7.05 Å². The predicted molar refractivity (Wildman–Crippen MR) is 63.2 cm³/mol. The number of rotatable bonds is 4. The van der Waals surface area contributed by atoms with Crippen LogP contribution in [0, 0.1) is 5.41 Å². The minimum Gasteiger partial charge on any atom is -0.378 e. The van der Waals surface area contributed by atoms with Crippen LogP contribution >= 0.6 is 0 Å². The summed E-state index contributed by atoms with van der Waals surface area (Å²) in [5, 5.41) is 3.14. The van der Waals surface area contributed by atoms with Crippen molar-refractivity contribution >= 4 is 9.84 Å². The first-order valence-electron chi connectivity index (χ1n) is 6.02. The Labute approximate surface area is 97.7 Å². The summed E-state index contributed by atoms with van der Waals surface area (Å²) in [6.45, 7) is 1.62. The predicted octanol–water partition coefficient (Wildman–Crippen LogP) is 0.580. The highest BCUT2D eigenvalue weighted by molar-refractivity contribution is 7.91. The van der Waals surface area contributed by atoms with Crippen molar-refractivity contribution in [2.75, 3.05) is 31.7 Å². The molecule has 2 aliphatic heterocycles. The van der Waals surface area contributed by atoms with Gasteiger partial charge in [-0.2, -0.15) is 0 Å². The summed E-state index contributed by atoms with van der Waals surface area (Å²) < 4.78 is 28.9. The first-order chi connectivity index (χ1) is 7.55. The molecule has 0 saturated carbocycles. The Hall–Kier alpha value is -0.130. The molecule has 0 aromatic rings. The van der Waals surface area contributed by atoms with Crippen molar-refractivity contribution in [3.63, 3.8) is 0 Å². The van der Waals surface area contributed by atoms with Crippen LogP contribution in [-0.2, 0) is 14.6 Å². The van der Waals surface area contributed by atoms with E-state index in [4.69, 9.17) is 4.74 Å². The van der Waals surface area contributed by atoms with Crippen molar-refractivity contribution in [3.8, 4) is 0 Å². The molecule has 2 heterocycles. The molecule has 1 N–H and O–H groups in total. The van der Waals surface area contributed by atoms with E-state index < -0.39 is 9.84 Å². The molecule has 16 heavy (non-hydrogen) atoms. The first-order valence-corrected chi connectivity index (χ1v) is 7.84. The third kappa shape index (κ3) is 2.76. The highest BCUT2D eigenvalue weighted by Crippen LogP contribution is 2.38. The van der Waals surface area contributed by atoms with E-state index in [2.05, 4.69) is 5.32 Å². The lowest BCUT2D eigenvalue weighted by atomic mass is 9.81. The molecule has 0 aromatic heterocycles. The van der Waals surface area contributed by atoms with Gasteiger partial charge >= 0.3 is 0 Å². The van der Waals surface area contributed by atoms with E-state index in [0.717, 1.165) is 38.8 Å². The van der Waals surface area contributed by atoms with Gasteiger partial charge in [0.05, 0.1) is 17.6 Å². The van der Waals surface area contributed by atoms with Gasteiger partial charge in [0, 0.05) is 18.6 Å². The quantitative estimate of drug-likeness (QED) is 0.789. The van der Waals surface area contributed by atoms with Crippen LogP contribution in [0.1, 0.15) is 25.7 Å². The Balaban J connectivity index is 2.04. The fourth-order valence-electron chi connectivity index (χ4n) is 3.02. The zero-order valence-electron chi connectivity index (χ0n) is 9.87. The molecule has 94 valence electrons. The van der Waals surface area contributed by atoms with Crippen LogP contribution < -0.4 is 5.32 Å². The lowest BCUT2D eigenvalue weighted by Gasteiger charge is -2.29. The average Bonchev–Trinajstić information content (AvgIpc) is 2.76. The molecule has 0 aromatic carbocycles. The van der Waals surface area contributed by atoms with E-state index >= 15 is 0 Å². The molecule has 0 aliphatic carbocycles. The van der Waals surface area contributed by atoms with Gasteiger partial charge in [0.25, 0.3) is 0 Å². The zero-order valence-corrected chi connectivity index (χ0v) is 10.7. The number of nitrogens with one attached hydrogen (secondary N) is 1. The van der Waals surface area contributed by atoms with Crippen molar-refractivity contribution in [1.29, 1.82) is 0 Å². The van der Waals surface area contributed by atoms with Crippen LogP contribution in [0.15, 0.2) is 0 Å². The summed E-state index contributed by atoms with van der Waals surface area (Å²) in [5.74, 6) is 0.683. The SMILES string of the molecule is CNCC1(CC2CCCO2)CCS(=O)(=O)C1. The topological polar surface area (TPSA) is 55.4 Å². The number of hydrogen-bond acceptors (Lipinski definition) is 4. The summed E-state index contributed by atoms with van der Waals surface area (Å²) in [6.07, 6.45) is 4.17. The zero-order chi connectivity index (χ0) is 11.6. The fourth-order valence-corrected chi connectivity index (χ4v) is 5.20. The van der Waals surface area contributed by atoms with Gasteiger partial charge in [-0.1, -0.05) is 0 Å². The molecule has 2 aliphatic rings. The normalized spacial score (nSPS) is 37.9. The third-order valence-electron chi connectivity index (χ3n) is 3.71. The summed E-state index contributed by atoms with van der Waals surface area (Å²) in [7, 11) is -0.922. The van der Waals surface area contributed by atoms with Crippen LogP contribution in [-0.4, -0.2) is 46.2 Å². The number of hydrogen-bond donors (Lipinski definition) is 1. The lowest BCUT2D eigenvalue weighted by molar-refractivity contribution is 0.0684. The minimum atomic E-state index is -2.81. The molecule has 0 amide bonds. The second-order valence-corrected chi connectivity index (χ2v) is 7.40. The second-order valence-electron chi connectivity index (χ2n) is 5.21. The van der Waals surface area contributed by atoms with Crippen molar-refractivity contribution < 1.29 is 13.2 Å². The van der Waals surface area contributed by atoms with E-state index in [9.17, 15) is 8.42 Å². The molecular weight excluding hydrogens is 226 g/mol. The maximum atomic E-state index is 11.6. The van der Waals surface area contributed by atoms with E-state index in [0.29, 0.717) is 11.5 Å². The van der Waals surface area contributed by atoms with Gasteiger partial charge in [-0.3, -0.25) is 0 Å². The summed E-state index contributed by atoms with van der Waals surface area (Å²) in [4.78, 5) is 0. The number of ether oxygens (including phenoxy) is 1. The molecule has 2 rings (SSSR count). The van der Waals surface area contributed by atoms with Gasteiger partial charge in [0.15, 0.2) is 9.84 Å². The highest BCUT2D eigenvalue weighted by atomic mass is 32.2. The van der Waals surface area contributed by atoms with Crippen LogP contribution in [0.3, 0.4) is 0 Å². The third-order valence-corrected chi connectivity index (χ3v) is 5.58. The van der Waals surface area contributed by atoms with Gasteiger partial charge in [-0.05, 0) is 32.7 Å². The lowest BCUT2D eigenvalue weighted by Crippen LogP contribution is -2.37. The summed E-state index contributed by atoms with van der Waals surface area (Å²) >= 11 is 0. The Morgan fingerprint density at radius 1 is 1.50 bits per heavy atom. The largest absolute Gasteiger partial charge is 0.378 e. The fraction of sp³-hybridized carbons (Fsp3) is 1.00. The molecule has 0 bridgehead atoms. The van der Waals surface area contributed by atoms with Crippen molar-refractivity contribution in [2.45, 2.75) is 31.8 Å². The molecule has 2 fully saturated rings. The highest BCUT2D eigenvalue weighted by Gasteiger charge is 2.43. The molecule has 2 atom stereocenters. The Bertz CT molecular complexity index is 335. The van der Waals surface area contributed by atoms with Crippen LogP contribution in [0.25, 0.3) is 0 Å². The standard InChI is InChI=1S/C11H21NO3S/c1-12-8-11(4-6-16(13,14)9-11)7-10-3-2-5-15-10/h10,12H,2-9H2,1H3. The van der Waals surface area contributed by atoms with E-state index in [-0.39, 0.29) is 11.5 Å². The van der Waals surface area contributed by atoms with Gasteiger partial charge in [-0.15, -0.1) is 0 Å². The monoisotopic (exact) mass is 247 g/mol. The van der Waals surface area contributed by atoms with Crippen LogP contribution in [0.5, 0.6) is 0 Å². The summed E-state index contributed by atoms with van der Waals surface area (Å²) in [5.41, 5.74) is -0.0808. The van der Waals surface area contributed by atoms with Gasteiger partial charge in [0.1, 0.15) is 0 Å². The molecule has 0 radical (unpaired) electrons. The Kier molecular flexibility index (Phi) is 3.56. The molecule has 5 heteroatoms. The first kappa shape index (κ1) is 12.3. The molecule has 0 spiro atoms. The van der Waals surface area contributed by atoms with Crippen molar-refractivity contribution in [1.82, 2.24) is 5.32 Å². The Morgan fingerprint density at radius 2 is 2.31 bits per heavy atom. The van der Waals surface area contributed by atoms with Gasteiger partial charge < -0.3 is 10.1 Å². The van der Waals surface area contributed by atoms with Crippen molar-refractivity contribution in [2.24, 2.45) is 5.41 Å². The minimum absolute atomic E-state index is 0.0808. The van der Waals surface area contributed by atoms with Crippen LogP contribution in [0.2, 0.25) is 0 Å². The summed E-state index contributed by atoms with van der Waals surface area (Å²) in [6, 6.07) is 0. The number of sulfone groups is 1. The molecule has 4 nitrogen and oxygen atoms in total. The maximum absolute atomic E-state index is 11.6. The second kappa shape index (κ2) is 4.63. The van der Waals surface area contributed by atoms with E-state index in [1.54, 1.807) is 0 Å². The molecular formula is C11H21NO3S. The van der Waals surface area contributed by atoms with Gasteiger partial charge in [-0.25, -0.2) is 8.42 Å². The van der Waals surface area contributed by atoms with E-state index in [1.165, 1.54) is 0 Å². The van der Waals surface area contributed by atoms with Gasteiger partial charge in [0.2, 0.25) is 0 Å². The average molecular weight is 247 g/mol. The van der Waals surface area contributed by atoms with Crippen molar-refractivity contribution in [3.05, 3.63) is 0 Å². The Morgan fingerprint density at radius 3 is 2.81 bits per heavy atom. The molecule has 2 unspecified atom stereocenters. The molecule has 2 saturated heterocycles. The maximum Gasteiger partial charge on any atom is 0.150 e. The smallest absolute Gasteiger partial charge is 0.150 e. The van der Waals surface area contributed by atoms with Crippen LogP contribution in [0.4, 0.5) is 0 Å².